The summed E-state index contributed by atoms with van der Waals surface area (Å²) >= 11 is 0. The highest BCUT2D eigenvalue weighted by Crippen LogP contribution is 2.43. The Bertz CT molecular complexity index is 3210. The lowest BCUT2D eigenvalue weighted by Crippen LogP contribution is -2.00. The zero-order valence-electron chi connectivity index (χ0n) is 27.4. The Hall–Kier alpha value is -7.32. The number of furan rings is 2. The summed E-state index contributed by atoms with van der Waals surface area (Å²) in [7, 11) is 0. The molecule has 0 N–H and O–H groups in total. The molecule has 8 heteroatoms. The van der Waals surface area contributed by atoms with E-state index in [1.54, 1.807) is 0 Å². The number of hydrogen-bond acceptors (Lipinski definition) is 6. The number of hydrogen-bond donors (Lipinski definition) is 0. The number of rotatable bonds is 3. The van der Waals surface area contributed by atoms with E-state index in [1.165, 1.54) is 0 Å². The van der Waals surface area contributed by atoms with Crippen molar-refractivity contribution >= 4 is 87.7 Å². The van der Waals surface area contributed by atoms with Crippen molar-refractivity contribution in [1.82, 2.24) is 29.1 Å². The summed E-state index contributed by atoms with van der Waals surface area (Å²) in [5.41, 5.74) is 8.94. The Balaban J connectivity index is 1.11. The standard InChI is InChI=1S/C44H24N6O2/c1-5-13-33-27(9-1)23-45-43(47-33)49-35-19-17-25(21-31(35)39-29-11-3-7-15-37(29)51-41(39)49)26-18-20-36-32(22-26)40-30-12-4-8-16-38(30)52-42(40)50(36)44-46-24-28-10-2-6-14-34(28)48-44/h1-24H. The van der Waals surface area contributed by atoms with Crippen LogP contribution in [0.3, 0.4) is 0 Å². The van der Waals surface area contributed by atoms with Gasteiger partial charge in [-0.1, -0.05) is 84.9 Å². The normalized spacial score (nSPS) is 12.2. The average Bonchev–Trinajstić information content (AvgIpc) is 3.93. The van der Waals surface area contributed by atoms with Crippen molar-refractivity contribution in [1.29, 1.82) is 0 Å². The minimum atomic E-state index is 0.568. The molecule has 0 atom stereocenters. The zero-order valence-corrected chi connectivity index (χ0v) is 27.4. The Morgan fingerprint density at radius 2 is 0.865 bits per heavy atom. The molecule has 0 saturated heterocycles. The lowest BCUT2D eigenvalue weighted by atomic mass is 10.00. The second kappa shape index (κ2) is 10.1. The predicted molar refractivity (Wildman–Crippen MR) is 206 cm³/mol. The predicted octanol–water partition coefficient (Wildman–Crippen LogP) is 10.9. The van der Waals surface area contributed by atoms with Gasteiger partial charge in [0, 0.05) is 44.7 Å². The molecular weight excluding hydrogens is 645 g/mol. The highest BCUT2D eigenvalue weighted by Gasteiger charge is 2.24. The zero-order chi connectivity index (χ0) is 33.9. The van der Waals surface area contributed by atoms with Gasteiger partial charge < -0.3 is 8.83 Å². The molecule has 8 nitrogen and oxygen atoms in total. The maximum Gasteiger partial charge on any atom is 0.237 e. The third kappa shape index (κ3) is 3.75. The first kappa shape index (κ1) is 27.5. The average molecular weight is 669 g/mol. The van der Waals surface area contributed by atoms with Crippen LogP contribution >= 0.6 is 0 Å². The van der Waals surface area contributed by atoms with E-state index < -0.39 is 0 Å². The Morgan fingerprint density at radius 3 is 1.37 bits per heavy atom. The molecule has 0 aliphatic heterocycles. The molecule has 0 spiro atoms. The molecule has 12 rings (SSSR count). The van der Waals surface area contributed by atoms with Gasteiger partial charge in [-0.2, -0.15) is 0 Å². The second-order valence-corrected chi connectivity index (χ2v) is 13.1. The number of benzene rings is 6. The smallest absolute Gasteiger partial charge is 0.237 e. The number of nitrogens with zero attached hydrogens (tertiary/aromatic N) is 6. The Labute approximate surface area is 293 Å². The van der Waals surface area contributed by atoms with Crippen LogP contribution in [0.5, 0.6) is 0 Å². The van der Waals surface area contributed by atoms with E-state index in [9.17, 15) is 0 Å². The van der Waals surface area contributed by atoms with Crippen molar-refractivity contribution in [2.24, 2.45) is 0 Å². The lowest BCUT2D eigenvalue weighted by Gasteiger charge is -2.08. The van der Waals surface area contributed by atoms with Gasteiger partial charge in [0.15, 0.2) is 0 Å². The molecule has 52 heavy (non-hydrogen) atoms. The van der Waals surface area contributed by atoms with Gasteiger partial charge in [0.05, 0.1) is 32.8 Å². The molecule has 0 unspecified atom stereocenters. The van der Waals surface area contributed by atoms with Crippen LogP contribution in [0.1, 0.15) is 0 Å². The van der Waals surface area contributed by atoms with E-state index in [2.05, 4.69) is 60.7 Å². The maximum atomic E-state index is 6.55. The van der Waals surface area contributed by atoms with Crippen LogP contribution < -0.4 is 0 Å². The Morgan fingerprint density at radius 1 is 0.423 bits per heavy atom. The second-order valence-electron chi connectivity index (χ2n) is 13.1. The van der Waals surface area contributed by atoms with Crippen molar-refractivity contribution in [3.8, 4) is 23.0 Å². The van der Waals surface area contributed by atoms with Gasteiger partial charge in [-0.3, -0.25) is 0 Å². The van der Waals surface area contributed by atoms with Gasteiger partial charge in [0.25, 0.3) is 0 Å². The number of fused-ring (bicyclic) bond motifs is 12. The van der Waals surface area contributed by atoms with E-state index in [0.29, 0.717) is 11.9 Å². The van der Waals surface area contributed by atoms with Gasteiger partial charge in [0.2, 0.25) is 23.3 Å². The fraction of sp³-hybridized carbons (Fsp3) is 0. The SMILES string of the molecule is c1ccc2nc(-n3c4ccc(-c5ccc6c(c5)c5c7ccccc7oc5n6-c5ncc6ccccc6n5)cc4c4c5ccccc5oc43)ncc2c1. The molecule has 6 heterocycles. The molecule has 0 aliphatic rings. The molecule has 0 fully saturated rings. The van der Waals surface area contributed by atoms with E-state index in [0.717, 1.165) is 98.9 Å². The van der Waals surface area contributed by atoms with Crippen molar-refractivity contribution in [2.75, 3.05) is 0 Å². The van der Waals surface area contributed by atoms with E-state index in [4.69, 9.17) is 28.8 Å². The van der Waals surface area contributed by atoms with Crippen LogP contribution in [-0.2, 0) is 0 Å². The molecule has 0 amide bonds. The van der Waals surface area contributed by atoms with Crippen molar-refractivity contribution in [3.05, 3.63) is 146 Å². The van der Waals surface area contributed by atoms with Gasteiger partial charge >= 0.3 is 0 Å². The first-order chi connectivity index (χ1) is 25.8. The topological polar surface area (TPSA) is 87.7 Å². The highest BCUT2D eigenvalue weighted by atomic mass is 16.3. The summed E-state index contributed by atoms with van der Waals surface area (Å²) in [5, 5.41) is 8.28. The molecule has 6 aromatic heterocycles. The summed E-state index contributed by atoms with van der Waals surface area (Å²) in [6.07, 6.45) is 3.74. The number of para-hydroxylation sites is 4. The summed E-state index contributed by atoms with van der Waals surface area (Å²) in [4.78, 5) is 19.5. The summed E-state index contributed by atoms with van der Waals surface area (Å²) < 4.78 is 17.2. The van der Waals surface area contributed by atoms with E-state index in [1.807, 2.05) is 94.3 Å². The summed E-state index contributed by atoms with van der Waals surface area (Å²) in [6, 6.07) is 45.5. The van der Waals surface area contributed by atoms with Crippen LogP contribution in [0, 0.1) is 0 Å². The molecule has 0 radical (unpaired) electrons. The third-order valence-electron chi connectivity index (χ3n) is 10.3. The minimum absolute atomic E-state index is 0.568. The molecule has 6 aromatic carbocycles. The third-order valence-corrected chi connectivity index (χ3v) is 10.3. The van der Waals surface area contributed by atoms with E-state index in [-0.39, 0.29) is 0 Å². The van der Waals surface area contributed by atoms with Crippen LogP contribution in [0.25, 0.3) is 111 Å². The fourth-order valence-electron chi connectivity index (χ4n) is 7.88. The van der Waals surface area contributed by atoms with E-state index >= 15 is 0 Å². The van der Waals surface area contributed by atoms with Crippen LogP contribution in [0.15, 0.2) is 155 Å². The first-order valence-electron chi connectivity index (χ1n) is 17.1. The van der Waals surface area contributed by atoms with Gasteiger partial charge in [-0.25, -0.2) is 29.1 Å². The monoisotopic (exact) mass is 668 g/mol. The maximum absolute atomic E-state index is 6.55. The van der Waals surface area contributed by atoms with Gasteiger partial charge in [0.1, 0.15) is 11.2 Å². The largest absolute Gasteiger partial charge is 0.439 e. The van der Waals surface area contributed by atoms with Crippen LogP contribution in [0.4, 0.5) is 0 Å². The van der Waals surface area contributed by atoms with Crippen molar-refractivity contribution < 1.29 is 8.83 Å². The van der Waals surface area contributed by atoms with Crippen LogP contribution in [0.2, 0.25) is 0 Å². The molecule has 0 saturated carbocycles. The number of aromatic nitrogens is 6. The minimum Gasteiger partial charge on any atom is -0.439 e. The molecule has 12 aromatic rings. The highest BCUT2D eigenvalue weighted by molar-refractivity contribution is 6.22. The summed E-state index contributed by atoms with van der Waals surface area (Å²) in [6.45, 7) is 0. The van der Waals surface area contributed by atoms with Gasteiger partial charge in [-0.15, -0.1) is 0 Å². The molecule has 0 aliphatic carbocycles. The molecule has 0 bridgehead atoms. The summed E-state index contributed by atoms with van der Waals surface area (Å²) in [5.74, 6) is 1.14. The molecule has 242 valence electrons. The van der Waals surface area contributed by atoms with Crippen molar-refractivity contribution in [3.63, 3.8) is 0 Å². The quantitative estimate of drug-likeness (QED) is 0.186. The fourth-order valence-corrected chi connectivity index (χ4v) is 7.88. The van der Waals surface area contributed by atoms with Crippen LogP contribution in [-0.4, -0.2) is 29.1 Å². The first-order valence-corrected chi connectivity index (χ1v) is 17.1. The Kier molecular flexibility index (Phi) is 5.35. The lowest BCUT2D eigenvalue weighted by molar-refractivity contribution is 0.641. The molecular formula is C44H24N6O2. The van der Waals surface area contributed by atoms with Gasteiger partial charge in [-0.05, 0) is 59.7 Å². The van der Waals surface area contributed by atoms with Crippen molar-refractivity contribution in [2.45, 2.75) is 0 Å².